The second-order valence-corrected chi connectivity index (χ2v) is 5.88. The van der Waals surface area contributed by atoms with Gasteiger partial charge in [0.05, 0.1) is 15.4 Å². The molecule has 1 aromatic heterocycles. The van der Waals surface area contributed by atoms with E-state index in [0.29, 0.717) is 5.56 Å². The smallest absolute Gasteiger partial charge is 0.275 e. The number of aliphatic hydroxyl groups is 1. The van der Waals surface area contributed by atoms with Gasteiger partial charge in [0.1, 0.15) is 0 Å². The first-order valence-corrected chi connectivity index (χ1v) is 8.10. The summed E-state index contributed by atoms with van der Waals surface area (Å²) in [4.78, 5) is 21.2. The van der Waals surface area contributed by atoms with E-state index in [1.54, 1.807) is 53.4 Å². The van der Waals surface area contributed by atoms with E-state index in [1.807, 2.05) is 0 Å². The Balaban J connectivity index is 0.00000280. The van der Waals surface area contributed by atoms with E-state index in [0.717, 1.165) is 0 Å². The summed E-state index contributed by atoms with van der Waals surface area (Å²) < 4.78 is 1.71. The van der Waals surface area contributed by atoms with Crippen molar-refractivity contribution >= 4 is 11.4 Å². The van der Waals surface area contributed by atoms with Crippen LogP contribution in [0.3, 0.4) is 0 Å². The van der Waals surface area contributed by atoms with Crippen LogP contribution in [0.5, 0.6) is 0 Å². The minimum atomic E-state index is -1.24. The average Bonchev–Trinajstić information content (AvgIpc) is 2.69. The van der Waals surface area contributed by atoms with Crippen LogP contribution in [0, 0.1) is 20.2 Å². The number of para-hydroxylation sites is 1. The van der Waals surface area contributed by atoms with E-state index in [2.05, 4.69) is 0 Å². The number of non-ortho nitro benzene ring substituents is 1. The zero-order chi connectivity index (χ0) is 19.4. The van der Waals surface area contributed by atoms with Crippen LogP contribution in [0.25, 0.3) is 0 Å². The monoisotopic (exact) mass is 445 g/mol. The summed E-state index contributed by atoms with van der Waals surface area (Å²) in [5.41, 5.74) is 0.494. The van der Waals surface area contributed by atoms with Crippen molar-refractivity contribution in [2.75, 3.05) is 0 Å². The molecule has 0 saturated carbocycles. The molecule has 0 spiro atoms. The van der Waals surface area contributed by atoms with Crippen LogP contribution < -0.4 is 21.5 Å². The Kier molecular flexibility index (Phi) is 6.91. The molecule has 0 aliphatic rings. The zero-order valence-electron chi connectivity index (χ0n) is 14.5. The van der Waals surface area contributed by atoms with Gasteiger partial charge in [0.25, 0.3) is 11.4 Å². The lowest BCUT2D eigenvalue weighted by molar-refractivity contribution is -0.722. The minimum Gasteiger partial charge on any atom is -1.00 e. The van der Waals surface area contributed by atoms with Gasteiger partial charge in [-0.2, -0.15) is 4.57 Å². The van der Waals surface area contributed by atoms with E-state index >= 15 is 0 Å². The lowest BCUT2D eigenvalue weighted by Crippen LogP contribution is -3.00. The highest BCUT2D eigenvalue weighted by Crippen LogP contribution is 2.34. The highest BCUT2D eigenvalue weighted by atomic mass is 79.9. The molecule has 1 heterocycles. The number of benzene rings is 2. The lowest BCUT2D eigenvalue weighted by Gasteiger charge is -2.19. The molecule has 0 fully saturated rings. The molecule has 28 heavy (non-hydrogen) atoms. The number of aromatic nitrogens is 1. The topological polar surface area (TPSA) is 110 Å². The van der Waals surface area contributed by atoms with Gasteiger partial charge in [0.2, 0.25) is 6.04 Å². The van der Waals surface area contributed by atoms with Crippen molar-refractivity contribution in [2.24, 2.45) is 0 Å². The third kappa shape index (κ3) is 4.38. The Bertz CT molecular complexity index is 967. The fraction of sp³-hybridized carbons (Fsp3) is 0.105. The summed E-state index contributed by atoms with van der Waals surface area (Å²) in [6.07, 6.45) is 2.22. The number of rotatable bonds is 6. The Morgan fingerprint density at radius 2 is 1.43 bits per heavy atom. The van der Waals surface area contributed by atoms with Crippen LogP contribution in [0.2, 0.25) is 0 Å². The van der Waals surface area contributed by atoms with Gasteiger partial charge in [0.15, 0.2) is 18.5 Å². The molecule has 2 atom stereocenters. The van der Waals surface area contributed by atoms with Gasteiger partial charge in [-0.05, 0) is 18.2 Å². The molecule has 0 bridgehead atoms. The van der Waals surface area contributed by atoms with Gasteiger partial charge in [-0.1, -0.05) is 18.2 Å². The second-order valence-electron chi connectivity index (χ2n) is 5.88. The summed E-state index contributed by atoms with van der Waals surface area (Å²) >= 11 is 0. The Morgan fingerprint density at radius 1 is 0.821 bits per heavy atom. The van der Waals surface area contributed by atoms with Crippen LogP contribution in [0.1, 0.15) is 23.3 Å². The Hall–Kier alpha value is -3.17. The SMILES string of the molecule is O=[N+]([O-])c1ccc(C(C(O)c2ccccc2[N+](=O)[O-])[n+]2ccccc2)cc1.[Br-]. The van der Waals surface area contributed by atoms with Crippen molar-refractivity contribution in [1.29, 1.82) is 0 Å². The van der Waals surface area contributed by atoms with E-state index in [4.69, 9.17) is 0 Å². The number of aliphatic hydroxyl groups excluding tert-OH is 1. The van der Waals surface area contributed by atoms with E-state index in [-0.39, 0.29) is 33.9 Å². The van der Waals surface area contributed by atoms with Crippen LogP contribution >= 0.6 is 0 Å². The summed E-state index contributed by atoms with van der Waals surface area (Å²) in [5.74, 6) is 0. The molecular weight excluding hydrogens is 430 g/mol. The molecule has 9 heteroatoms. The third-order valence-electron chi connectivity index (χ3n) is 4.26. The first-order valence-electron chi connectivity index (χ1n) is 8.10. The lowest BCUT2D eigenvalue weighted by atomic mass is 9.94. The van der Waals surface area contributed by atoms with Crippen molar-refractivity contribution in [3.05, 3.63) is 110 Å². The number of halogens is 1. The maximum Gasteiger partial charge on any atom is 0.275 e. The fourth-order valence-corrected chi connectivity index (χ4v) is 2.98. The van der Waals surface area contributed by atoms with Gasteiger partial charge in [0, 0.05) is 35.9 Å². The van der Waals surface area contributed by atoms with Gasteiger partial charge < -0.3 is 22.1 Å². The predicted octanol–water partition coefficient (Wildman–Crippen LogP) is 0.117. The highest BCUT2D eigenvalue weighted by molar-refractivity contribution is 5.43. The first-order chi connectivity index (χ1) is 13.0. The van der Waals surface area contributed by atoms with Gasteiger partial charge >= 0.3 is 0 Å². The van der Waals surface area contributed by atoms with E-state index < -0.39 is 22.0 Å². The third-order valence-corrected chi connectivity index (χ3v) is 4.26. The molecule has 2 aromatic carbocycles. The molecule has 3 aromatic rings. The first kappa shape index (κ1) is 21.1. The molecule has 0 aliphatic heterocycles. The highest BCUT2D eigenvalue weighted by Gasteiger charge is 2.35. The molecule has 0 aliphatic carbocycles. The minimum absolute atomic E-state index is 0. The second kappa shape index (κ2) is 9.16. The van der Waals surface area contributed by atoms with Crippen molar-refractivity contribution in [2.45, 2.75) is 12.1 Å². The summed E-state index contributed by atoms with van der Waals surface area (Å²) in [5, 5.41) is 33.3. The molecule has 8 nitrogen and oxygen atoms in total. The number of hydrogen-bond acceptors (Lipinski definition) is 5. The quantitative estimate of drug-likeness (QED) is 0.329. The van der Waals surface area contributed by atoms with Crippen LogP contribution in [-0.4, -0.2) is 15.0 Å². The standard InChI is InChI=1S/C19H16N3O5.BrH/c23-19(16-6-2-3-7-17(16)22(26)27)18(20-12-4-1-5-13-20)14-8-10-15(11-9-14)21(24)25;/h1-13,18-19,23H;1H/q+1;/p-1. The van der Waals surface area contributed by atoms with Crippen molar-refractivity contribution in [3.8, 4) is 0 Å². The zero-order valence-corrected chi connectivity index (χ0v) is 16.0. The van der Waals surface area contributed by atoms with Gasteiger partial charge in [-0.25, -0.2) is 0 Å². The predicted molar refractivity (Wildman–Crippen MR) is 95.9 cm³/mol. The fourth-order valence-electron chi connectivity index (χ4n) is 2.98. The molecule has 2 unspecified atom stereocenters. The maximum atomic E-state index is 11.4. The van der Waals surface area contributed by atoms with Crippen molar-refractivity contribution < 1.29 is 36.5 Å². The largest absolute Gasteiger partial charge is 1.00 e. The van der Waals surface area contributed by atoms with Crippen molar-refractivity contribution in [1.82, 2.24) is 0 Å². The molecule has 3 rings (SSSR count). The van der Waals surface area contributed by atoms with Crippen molar-refractivity contribution in [3.63, 3.8) is 0 Å². The average molecular weight is 446 g/mol. The summed E-state index contributed by atoms with van der Waals surface area (Å²) in [7, 11) is 0. The molecule has 1 N–H and O–H groups in total. The number of nitro groups is 2. The van der Waals surface area contributed by atoms with Crippen LogP contribution in [0.15, 0.2) is 79.1 Å². The molecular formula is C19H16BrN3O5. The number of hydrogen-bond donors (Lipinski definition) is 1. The number of nitro benzene ring substituents is 2. The molecule has 144 valence electrons. The van der Waals surface area contributed by atoms with Gasteiger partial charge in [-0.15, -0.1) is 0 Å². The summed E-state index contributed by atoms with van der Waals surface area (Å²) in [6.45, 7) is 0. The van der Waals surface area contributed by atoms with E-state index in [1.165, 1.54) is 30.3 Å². The molecule has 0 saturated heterocycles. The number of pyridine rings is 1. The molecule has 0 amide bonds. The van der Waals surface area contributed by atoms with Crippen LogP contribution in [-0.2, 0) is 0 Å². The maximum absolute atomic E-state index is 11.4. The normalized spacial score (nSPS) is 12.5. The summed E-state index contributed by atoms with van der Waals surface area (Å²) in [6, 6.07) is 16.4. The molecule has 0 radical (unpaired) electrons. The van der Waals surface area contributed by atoms with Gasteiger partial charge in [-0.3, -0.25) is 20.2 Å². The van der Waals surface area contributed by atoms with Crippen LogP contribution in [0.4, 0.5) is 11.4 Å². The Labute approximate surface area is 170 Å². The number of nitrogens with zero attached hydrogens (tertiary/aromatic N) is 3. The van der Waals surface area contributed by atoms with E-state index in [9.17, 15) is 25.3 Å². The Morgan fingerprint density at radius 3 is 2.00 bits per heavy atom.